The van der Waals surface area contributed by atoms with Crippen LogP contribution in [0.3, 0.4) is 0 Å². The Hall–Kier alpha value is -3.03. The lowest BCUT2D eigenvalue weighted by atomic mass is 10.1. The Balaban J connectivity index is 1.73. The molecule has 0 spiro atoms. The summed E-state index contributed by atoms with van der Waals surface area (Å²) < 4.78 is 27.9. The number of aryl methyl sites for hydroxylation is 2. The molecule has 0 saturated carbocycles. The molecule has 1 heterocycles. The molecular formula is C22H22N2O4S. The van der Waals surface area contributed by atoms with Crippen molar-refractivity contribution in [1.29, 1.82) is 0 Å². The van der Waals surface area contributed by atoms with Crippen molar-refractivity contribution in [3.8, 4) is 0 Å². The SMILES string of the molecule is O=C(O)[C@H](Cc1ccccc1)NS(=O)(=O)c1cccc(CCc2ccncc2)c1. The van der Waals surface area contributed by atoms with E-state index in [0.717, 1.165) is 23.1 Å². The molecule has 0 aliphatic rings. The topological polar surface area (TPSA) is 96.4 Å². The molecule has 3 aromatic rings. The standard InChI is InChI=1S/C22H22N2O4S/c25-22(26)21(16-18-5-2-1-3-6-18)24-29(27,28)20-8-4-7-19(15-20)10-9-17-11-13-23-14-12-17/h1-8,11-15,21,24H,9-10,16H2,(H,25,26)/t21-/m0/s1. The van der Waals surface area contributed by atoms with E-state index in [1.54, 1.807) is 48.8 Å². The summed E-state index contributed by atoms with van der Waals surface area (Å²) in [5.74, 6) is -1.22. The van der Waals surface area contributed by atoms with Gasteiger partial charge >= 0.3 is 5.97 Å². The predicted octanol–water partition coefficient (Wildman–Crippen LogP) is 2.84. The van der Waals surface area contributed by atoms with Gasteiger partial charge in [0.15, 0.2) is 0 Å². The Bertz CT molecular complexity index is 1050. The van der Waals surface area contributed by atoms with E-state index >= 15 is 0 Å². The number of hydrogen-bond acceptors (Lipinski definition) is 4. The van der Waals surface area contributed by atoms with Crippen LogP contribution in [-0.2, 0) is 34.1 Å². The Morgan fingerprint density at radius 2 is 1.55 bits per heavy atom. The molecule has 0 radical (unpaired) electrons. The van der Waals surface area contributed by atoms with E-state index in [4.69, 9.17) is 0 Å². The summed E-state index contributed by atoms with van der Waals surface area (Å²) in [7, 11) is -3.97. The molecule has 2 aromatic carbocycles. The molecule has 3 rings (SSSR count). The number of rotatable bonds is 9. The highest BCUT2D eigenvalue weighted by atomic mass is 32.2. The molecule has 0 aliphatic heterocycles. The molecule has 0 aliphatic carbocycles. The van der Waals surface area contributed by atoms with E-state index in [9.17, 15) is 18.3 Å². The maximum Gasteiger partial charge on any atom is 0.322 e. The van der Waals surface area contributed by atoms with Gasteiger partial charge in [0.2, 0.25) is 10.0 Å². The summed E-state index contributed by atoms with van der Waals surface area (Å²) in [6.07, 6.45) is 4.93. The second-order valence-corrected chi connectivity index (χ2v) is 8.42. The van der Waals surface area contributed by atoms with Crippen LogP contribution in [0.25, 0.3) is 0 Å². The smallest absolute Gasteiger partial charge is 0.322 e. The van der Waals surface area contributed by atoms with Gasteiger partial charge in [0.25, 0.3) is 0 Å². The molecule has 0 bridgehead atoms. The third-order valence-corrected chi connectivity index (χ3v) is 6.01. The number of carboxylic acids is 1. The van der Waals surface area contributed by atoms with Crippen LogP contribution in [0.4, 0.5) is 0 Å². The summed E-state index contributed by atoms with van der Waals surface area (Å²) in [6, 6.07) is 18.1. The highest BCUT2D eigenvalue weighted by molar-refractivity contribution is 7.89. The minimum absolute atomic E-state index is 0.0593. The normalized spacial score (nSPS) is 12.4. The number of hydrogen-bond donors (Lipinski definition) is 2. The van der Waals surface area contributed by atoms with Gasteiger partial charge in [-0.05, 0) is 60.2 Å². The summed E-state index contributed by atoms with van der Waals surface area (Å²) >= 11 is 0. The molecule has 1 atom stereocenters. The van der Waals surface area contributed by atoms with Crippen molar-refractivity contribution in [2.24, 2.45) is 0 Å². The number of carbonyl (C=O) groups is 1. The number of aromatic nitrogens is 1. The van der Waals surface area contributed by atoms with Crippen LogP contribution in [0.5, 0.6) is 0 Å². The fourth-order valence-electron chi connectivity index (χ4n) is 2.99. The van der Waals surface area contributed by atoms with Gasteiger partial charge in [0.05, 0.1) is 4.90 Å². The first-order valence-corrected chi connectivity index (χ1v) is 10.7. The molecule has 0 fully saturated rings. The molecule has 29 heavy (non-hydrogen) atoms. The van der Waals surface area contributed by atoms with Crippen molar-refractivity contribution >= 4 is 16.0 Å². The third-order valence-electron chi connectivity index (χ3n) is 4.54. The van der Waals surface area contributed by atoms with E-state index in [2.05, 4.69) is 9.71 Å². The van der Waals surface area contributed by atoms with Gasteiger partial charge in [-0.15, -0.1) is 0 Å². The number of benzene rings is 2. The highest BCUT2D eigenvalue weighted by Gasteiger charge is 2.25. The number of nitrogens with zero attached hydrogens (tertiary/aromatic N) is 1. The lowest BCUT2D eigenvalue weighted by molar-refractivity contribution is -0.138. The summed E-state index contributed by atoms with van der Waals surface area (Å²) in [5.41, 5.74) is 2.72. The van der Waals surface area contributed by atoms with Gasteiger partial charge < -0.3 is 5.11 Å². The summed E-state index contributed by atoms with van der Waals surface area (Å²) in [4.78, 5) is 15.6. The summed E-state index contributed by atoms with van der Waals surface area (Å²) in [6.45, 7) is 0. The van der Waals surface area contributed by atoms with E-state index in [1.165, 1.54) is 6.07 Å². The van der Waals surface area contributed by atoms with E-state index < -0.39 is 22.0 Å². The van der Waals surface area contributed by atoms with Gasteiger partial charge in [0, 0.05) is 12.4 Å². The second kappa shape index (κ2) is 9.45. The zero-order valence-electron chi connectivity index (χ0n) is 15.7. The van der Waals surface area contributed by atoms with Crippen molar-refractivity contribution in [3.63, 3.8) is 0 Å². The van der Waals surface area contributed by atoms with Crippen LogP contribution in [0.15, 0.2) is 84.0 Å². The lowest BCUT2D eigenvalue weighted by Crippen LogP contribution is -2.42. The third kappa shape index (κ3) is 5.97. The average molecular weight is 410 g/mol. The van der Waals surface area contributed by atoms with E-state index in [1.807, 2.05) is 24.3 Å². The lowest BCUT2D eigenvalue weighted by Gasteiger charge is -2.15. The Labute approximate surface area is 170 Å². The number of aliphatic carboxylic acids is 1. The van der Waals surface area contributed by atoms with Crippen molar-refractivity contribution < 1.29 is 18.3 Å². The van der Waals surface area contributed by atoms with Crippen LogP contribution >= 0.6 is 0 Å². The maximum absolute atomic E-state index is 12.8. The van der Waals surface area contributed by atoms with Crippen molar-refractivity contribution in [2.45, 2.75) is 30.2 Å². The molecule has 1 aromatic heterocycles. The fraction of sp³-hybridized carbons (Fsp3) is 0.182. The quantitative estimate of drug-likeness (QED) is 0.565. The first-order valence-electron chi connectivity index (χ1n) is 9.21. The van der Waals surface area contributed by atoms with Crippen molar-refractivity contribution in [3.05, 3.63) is 95.8 Å². The molecule has 0 amide bonds. The van der Waals surface area contributed by atoms with Crippen LogP contribution < -0.4 is 4.72 Å². The summed E-state index contributed by atoms with van der Waals surface area (Å²) in [5, 5.41) is 9.48. The first kappa shape index (κ1) is 20.7. The molecular weight excluding hydrogens is 388 g/mol. The van der Waals surface area contributed by atoms with Gasteiger partial charge in [-0.3, -0.25) is 9.78 Å². The molecule has 150 valence electrons. The van der Waals surface area contributed by atoms with Gasteiger partial charge in [0.1, 0.15) is 6.04 Å². The fourth-order valence-corrected chi connectivity index (χ4v) is 4.25. The Kier molecular flexibility index (Phi) is 6.74. The molecule has 6 nitrogen and oxygen atoms in total. The van der Waals surface area contributed by atoms with Gasteiger partial charge in [-0.25, -0.2) is 8.42 Å². The number of nitrogens with one attached hydrogen (secondary N) is 1. The zero-order valence-corrected chi connectivity index (χ0v) is 16.5. The minimum atomic E-state index is -3.97. The predicted molar refractivity (Wildman–Crippen MR) is 110 cm³/mol. The maximum atomic E-state index is 12.8. The zero-order chi connectivity index (χ0) is 20.7. The van der Waals surface area contributed by atoms with Crippen molar-refractivity contribution in [2.75, 3.05) is 0 Å². The number of sulfonamides is 1. The molecule has 0 unspecified atom stereocenters. The van der Waals surface area contributed by atoms with Crippen LogP contribution in [0, 0.1) is 0 Å². The number of carboxylic acid groups (broad SMARTS) is 1. The van der Waals surface area contributed by atoms with Gasteiger partial charge in [-0.1, -0.05) is 42.5 Å². The second-order valence-electron chi connectivity index (χ2n) is 6.70. The van der Waals surface area contributed by atoms with Crippen LogP contribution in [-0.4, -0.2) is 30.5 Å². The van der Waals surface area contributed by atoms with Gasteiger partial charge in [-0.2, -0.15) is 4.72 Å². The monoisotopic (exact) mass is 410 g/mol. The first-order chi connectivity index (χ1) is 13.9. The Morgan fingerprint density at radius 3 is 2.24 bits per heavy atom. The Morgan fingerprint density at radius 1 is 0.897 bits per heavy atom. The minimum Gasteiger partial charge on any atom is -0.480 e. The highest BCUT2D eigenvalue weighted by Crippen LogP contribution is 2.15. The molecule has 7 heteroatoms. The molecule has 2 N–H and O–H groups in total. The molecule has 0 saturated heterocycles. The largest absolute Gasteiger partial charge is 0.480 e. The number of pyridine rings is 1. The van der Waals surface area contributed by atoms with E-state index in [0.29, 0.717) is 6.42 Å². The van der Waals surface area contributed by atoms with Crippen molar-refractivity contribution in [1.82, 2.24) is 9.71 Å². The van der Waals surface area contributed by atoms with Crippen LogP contribution in [0.1, 0.15) is 16.7 Å². The van der Waals surface area contributed by atoms with E-state index in [-0.39, 0.29) is 11.3 Å². The van der Waals surface area contributed by atoms with Crippen LogP contribution in [0.2, 0.25) is 0 Å². The average Bonchev–Trinajstić information content (AvgIpc) is 2.73.